The summed E-state index contributed by atoms with van der Waals surface area (Å²) in [5, 5.41) is 3.36. The zero-order valence-electron chi connectivity index (χ0n) is 12.9. The molecule has 0 aromatic rings. The molecule has 0 aromatic heterocycles. The van der Waals surface area contributed by atoms with E-state index in [9.17, 15) is 4.79 Å². The summed E-state index contributed by atoms with van der Waals surface area (Å²) in [4.78, 5) is 16.5. The van der Waals surface area contributed by atoms with E-state index in [1.807, 2.05) is 19.0 Å². The van der Waals surface area contributed by atoms with Gasteiger partial charge in [-0.05, 0) is 45.1 Å². The first-order valence-corrected chi connectivity index (χ1v) is 7.73. The Morgan fingerprint density at radius 3 is 2.42 bits per heavy atom. The van der Waals surface area contributed by atoms with Gasteiger partial charge in [-0.2, -0.15) is 0 Å². The molecule has 0 bridgehead atoms. The minimum absolute atomic E-state index is 0.249. The number of carbonyl (C=O) groups is 1. The molecule has 1 atom stereocenters. The molecule has 2 fully saturated rings. The highest BCUT2D eigenvalue weighted by Gasteiger charge is 2.39. The summed E-state index contributed by atoms with van der Waals surface area (Å²) in [5.41, 5.74) is 0. The fourth-order valence-corrected chi connectivity index (χ4v) is 3.54. The molecule has 0 spiro atoms. The fourth-order valence-electron chi connectivity index (χ4n) is 3.54. The lowest BCUT2D eigenvalue weighted by molar-refractivity contribution is 0.161. The molecule has 1 N–H and O–H groups in total. The second kappa shape index (κ2) is 6.12. The number of hydrogen-bond donors (Lipinski definition) is 1. The number of nitrogens with zero attached hydrogens (tertiary/aromatic N) is 2. The van der Waals surface area contributed by atoms with Gasteiger partial charge >= 0.3 is 6.03 Å². The van der Waals surface area contributed by atoms with E-state index in [0.29, 0.717) is 24.0 Å². The van der Waals surface area contributed by atoms with Gasteiger partial charge in [-0.25, -0.2) is 4.79 Å². The Morgan fingerprint density at radius 2 is 1.89 bits per heavy atom. The van der Waals surface area contributed by atoms with Gasteiger partial charge in [-0.15, -0.1) is 0 Å². The summed E-state index contributed by atoms with van der Waals surface area (Å²) in [6.45, 7) is 5.40. The molecule has 0 radical (unpaired) electrons. The average molecular weight is 267 g/mol. The zero-order valence-corrected chi connectivity index (χ0v) is 12.9. The number of hydrogen-bond acceptors (Lipinski definition) is 2. The van der Waals surface area contributed by atoms with Crippen molar-refractivity contribution in [2.45, 2.75) is 64.1 Å². The van der Waals surface area contributed by atoms with Gasteiger partial charge in [0.1, 0.15) is 0 Å². The SMILES string of the molecule is CNC1CCC(N2CC(CC(C)C)N(C)C2=O)CC1. The highest BCUT2D eigenvalue weighted by Crippen LogP contribution is 2.29. The van der Waals surface area contributed by atoms with Crippen molar-refractivity contribution in [3.63, 3.8) is 0 Å². The summed E-state index contributed by atoms with van der Waals surface area (Å²) in [6, 6.07) is 1.78. The average Bonchev–Trinajstić information content (AvgIpc) is 2.67. The second-order valence-electron chi connectivity index (χ2n) is 6.62. The Kier molecular flexibility index (Phi) is 4.71. The van der Waals surface area contributed by atoms with Gasteiger partial charge in [0, 0.05) is 25.7 Å². The van der Waals surface area contributed by atoms with Crippen molar-refractivity contribution >= 4 is 6.03 Å². The number of amides is 2. The molecule has 4 nitrogen and oxygen atoms in total. The van der Waals surface area contributed by atoms with E-state index in [4.69, 9.17) is 0 Å². The number of urea groups is 1. The number of carbonyl (C=O) groups excluding carboxylic acids is 1. The molecule has 4 heteroatoms. The maximum Gasteiger partial charge on any atom is 0.320 e. The van der Waals surface area contributed by atoms with Crippen LogP contribution >= 0.6 is 0 Å². The number of nitrogens with one attached hydrogen (secondary N) is 1. The maximum atomic E-state index is 12.4. The Balaban J connectivity index is 1.92. The van der Waals surface area contributed by atoms with Crippen molar-refractivity contribution in [1.29, 1.82) is 0 Å². The molecule has 2 aliphatic rings. The third-order valence-electron chi connectivity index (χ3n) is 4.79. The Hall–Kier alpha value is -0.770. The molecular weight excluding hydrogens is 238 g/mol. The minimum Gasteiger partial charge on any atom is -0.323 e. The van der Waals surface area contributed by atoms with Crippen LogP contribution in [0.4, 0.5) is 4.79 Å². The smallest absolute Gasteiger partial charge is 0.320 e. The molecule has 110 valence electrons. The first-order valence-electron chi connectivity index (χ1n) is 7.73. The minimum atomic E-state index is 0.249. The Morgan fingerprint density at radius 1 is 1.26 bits per heavy atom. The van der Waals surface area contributed by atoms with Gasteiger partial charge in [0.15, 0.2) is 0 Å². The van der Waals surface area contributed by atoms with Crippen molar-refractivity contribution in [2.24, 2.45) is 5.92 Å². The highest BCUT2D eigenvalue weighted by molar-refractivity contribution is 5.77. The van der Waals surface area contributed by atoms with Crippen LogP contribution in [0.3, 0.4) is 0 Å². The molecular formula is C15H29N3O. The molecule has 1 aliphatic carbocycles. The van der Waals surface area contributed by atoms with Crippen LogP contribution in [0.15, 0.2) is 0 Å². The van der Waals surface area contributed by atoms with Gasteiger partial charge in [0.25, 0.3) is 0 Å². The zero-order chi connectivity index (χ0) is 14.0. The van der Waals surface area contributed by atoms with Crippen LogP contribution in [0.1, 0.15) is 46.0 Å². The maximum absolute atomic E-state index is 12.4. The second-order valence-corrected chi connectivity index (χ2v) is 6.62. The topological polar surface area (TPSA) is 35.6 Å². The monoisotopic (exact) mass is 267 g/mol. The van der Waals surface area contributed by atoms with Crippen LogP contribution in [-0.2, 0) is 0 Å². The summed E-state index contributed by atoms with van der Waals surface area (Å²) < 4.78 is 0. The van der Waals surface area contributed by atoms with Gasteiger partial charge in [0.05, 0.1) is 6.04 Å². The van der Waals surface area contributed by atoms with Gasteiger partial charge in [-0.1, -0.05) is 13.8 Å². The lowest BCUT2D eigenvalue weighted by Crippen LogP contribution is -2.43. The molecule has 1 heterocycles. The predicted octanol–water partition coefficient (Wildman–Crippen LogP) is 2.30. The van der Waals surface area contributed by atoms with E-state index in [1.165, 1.54) is 12.8 Å². The molecule has 0 aromatic carbocycles. The summed E-state index contributed by atoms with van der Waals surface area (Å²) in [6.07, 6.45) is 5.82. The Bertz CT molecular complexity index is 311. The first kappa shape index (κ1) is 14.6. The van der Waals surface area contributed by atoms with Crippen LogP contribution in [-0.4, -0.2) is 54.6 Å². The molecule has 1 saturated heterocycles. The standard InChI is InChI=1S/C15H29N3O/c1-11(2)9-14-10-18(15(19)17(14)4)13-7-5-12(16-3)6-8-13/h11-14,16H,5-10H2,1-4H3. The predicted molar refractivity (Wildman–Crippen MR) is 78.2 cm³/mol. The molecule has 2 amide bonds. The summed E-state index contributed by atoms with van der Waals surface area (Å²) in [5.74, 6) is 0.653. The quantitative estimate of drug-likeness (QED) is 0.848. The van der Waals surface area contributed by atoms with Crippen molar-refractivity contribution in [3.05, 3.63) is 0 Å². The van der Waals surface area contributed by atoms with Crippen molar-refractivity contribution < 1.29 is 4.79 Å². The number of rotatable bonds is 4. The van der Waals surface area contributed by atoms with Crippen molar-refractivity contribution in [2.75, 3.05) is 20.6 Å². The fraction of sp³-hybridized carbons (Fsp3) is 0.933. The van der Waals surface area contributed by atoms with E-state index in [2.05, 4.69) is 24.1 Å². The van der Waals surface area contributed by atoms with Crippen LogP contribution < -0.4 is 5.32 Å². The van der Waals surface area contributed by atoms with Crippen molar-refractivity contribution in [3.8, 4) is 0 Å². The lowest BCUT2D eigenvalue weighted by Gasteiger charge is -2.34. The van der Waals surface area contributed by atoms with E-state index in [0.717, 1.165) is 25.8 Å². The molecule has 1 saturated carbocycles. The molecule has 1 aliphatic heterocycles. The third kappa shape index (κ3) is 3.22. The normalized spacial score (nSPS) is 32.5. The van der Waals surface area contributed by atoms with Gasteiger partial charge in [0.2, 0.25) is 0 Å². The van der Waals surface area contributed by atoms with Gasteiger partial charge < -0.3 is 15.1 Å². The largest absolute Gasteiger partial charge is 0.323 e. The van der Waals surface area contributed by atoms with Crippen LogP contribution in [0.5, 0.6) is 0 Å². The van der Waals surface area contributed by atoms with E-state index >= 15 is 0 Å². The van der Waals surface area contributed by atoms with Crippen LogP contribution in [0, 0.1) is 5.92 Å². The molecule has 1 unspecified atom stereocenters. The van der Waals surface area contributed by atoms with Crippen LogP contribution in [0.25, 0.3) is 0 Å². The molecule has 2 rings (SSSR count). The molecule has 19 heavy (non-hydrogen) atoms. The van der Waals surface area contributed by atoms with Crippen molar-refractivity contribution in [1.82, 2.24) is 15.1 Å². The van der Waals surface area contributed by atoms with Gasteiger partial charge in [-0.3, -0.25) is 0 Å². The van der Waals surface area contributed by atoms with E-state index in [1.54, 1.807) is 0 Å². The number of likely N-dealkylation sites (N-methyl/N-ethyl adjacent to an activating group) is 1. The van der Waals surface area contributed by atoms with Crippen LogP contribution in [0.2, 0.25) is 0 Å². The summed E-state index contributed by atoms with van der Waals surface area (Å²) in [7, 11) is 4.01. The first-order chi connectivity index (χ1) is 9.02. The van der Waals surface area contributed by atoms with E-state index in [-0.39, 0.29) is 6.03 Å². The lowest BCUT2D eigenvalue weighted by atomic mass is 9.90. The summed E-state index contributed by atoms with van der Waals surface area (Å²) >= 11 is 0. The Labute approximate surface area is 117 Å². The highest BCUT2D eigenvalue weighted by atomic mass is 16.2. The third-order valence-corrected chi connectivity index (χ3v) is 4.79. The van der Waals surface area contributed by atoms with E-state index < -0.39 is 0 Å².